The molecule has 4 rings (SSSR count). The SMILES string of the molecule is CC(C)(C)c1ccc(-c2nc(-c3ccccc3)nc(-c3ccc(C(C)(C)C)cc3)n2)cc1. The highest BCUT2D eigenvalue weighted by atomic mass is 15.0. The van der Waals surface area contributed by atoms with Crippen LogP contribution in [0.3, 0.4) is 0 Å². The van der Waals surface area contributed by atoms with Crippen LogP contribution >= 0.6 is 0 Å². The molecule has 0 aliphatic rings. The van der Waals surface area contributed by atoms with Gasteiger partial charge >= 0.3 is 0 Å². The molecule has 1 heterocycles. The van der Waals surface area contributed by atoms with Crippen LogP contribution in [-0.2, 0) is 10.8 Å². The summed E-state index contributed by atoms with van der Waals surface area (Å²) < 4.78 is 0. The predicted molar refractivity (Wildman–Crippen MR) is 134 cm³/mol. The van der Waals surface area contributed by atoms with Crippen molar-refractivity contribution in [1.82, 2.24) is 15.0 Å². The lowest BCUT2D eigenvalue weighted by Gasteiger charge is -2.19. The van der Waals surface area contributed by atoms with Gasteiger partial charge < -0.3 is 0 Å². The molecule has 0 amide bonds. The van der Waals surface area contributed by atoms with E-state index in [-0.39, 0.29) is 10.8 Å². The van der Waals surface area contributed by atoms with Crippen molar-refractivity contribution in [3.8, 4) is 34.2 Å². The molecule has 162 valence electrons. The first-order valence-electron chi connectivity index (χ1n) is 11.1. The molecular formula is C29H31N3. The summed E-state index contributed by atoms with van der Waals surface area (Å²) in [5.41, 5.74) is 5.75. The molecule has 0 spiro atoms. The summed E-state index contributed by atoms with van der Waals surface area (Å²) in [6.45, 7) is 13.3. The summed E-state index contributed by atoms with van der Waals surface area (Å²) in [7, 11) is 0. The summed E-state index contributed by atoms with van der Waals surface area (Å²) in [6.07, 6.45) is 0. The van der Waals surface area contributed by atoms with Crippen molar-refractivity contribution in [3.63, 3.8) is 0 Å². The Hall–Kier alpha value is -3.33. The second-order valence-electron chi connectivity index (χ2n) is 10.3. The minimum Gasteiger partial charge on any atom is -0.208 e. The van der Waals surface area contributed by atoms with Gasteiger partial charge in [0.15, 0.2) is 17.5 Å². The highest BCUT2D eigenvalue weighted by molar-refractivity contribution is 5.66. The fraction of sp³-hybridized carbons (Fsp3) is 0.276. The summed E-state index contributed by atoms with van der Waals surface area (Å²) in [5.74, 6) is 2.06. The van der Waals surface area contributed by atoms with Crippen molar-refractivity contribution >= 4 is 0 Å². The molecule has 0 atom stereocenters. The maximum atomic E-state index is 4.86. The van der Waals surface area contributed by atoms with Gasteiger partial charge in [0.2, 0.25) is 0 Å². The van der Waals surface area contributed by atoms with Gasteiger partial charge in [-0.05, 0) is 22.0 Å². The van der Waals surface area contributed by atoms with E-state index in [1.807, 2.05) is 30.3 Å². The number of aromatic nitrogens is 3. The van der Waals surface area contributed by atoms with Crippen LogP contribution in [0.2, 0.25) is 0 Å². The Balaban J connectivity index is 1.82. The number of hydrogen-bond donors (Lipinski definition) is 0. The van der Waals surface area contributed by atoms with E-state index in [0.29, 0.717) is 17.5 Å². The third kappa shape index (κ3) is 4.77. The van der Waals surface area contributed by atoms with E-state index in [4.69, 9.17) is 15.0 Å². The second-order valence-corrected chi connectivity index (χ2v) is 10.3. The average molecular weight is 422 g/mol. The first-order chi connectivity index (χ1) is 15.1. The monoisotopic (exact) mass is 421 g/mol. The minimum atomic E-state index is 0.104. The molecule has 0 fully saturated rings. The Labute approximate surface area is 191 Å². The van der Waals surface area contributed by atoms with Crippen LogP contribution in [0.1, 0.15) is 52.7 Å². The summed E-state index contributed by atoms with van der Waals surface area (Å²) in [6, 6.07) is 27.2. The molecule has 0 aliphatic carbocycles. The van der Waals surface area contributed by atoms with E-state index in [9.17, 15) is 0 Å². The van der Waals surface area contributed by atoms with Crippen molar-refractivity contribution < 1.29 is 0 Å². The molecule has 4 aromatic rings. The number of hydrogen-bond acceptors (Lipinski definition) is 3. The van der Waals surface area contributed by atoms with Crippen LogP contribution < -0.4 is 0 Å². The van der Waals surface area contributed by atoms with Crippen LogP contribution in [0.4, 0.5) is 0 Å². The molecular weight excluding hydrogens is 390 g/mol. The smallest absolute Gasteiger partial charge is 0.164 e. The number of rotatable bonds is 3. The summed E-state index contributed by atoms with van der Waals surface area (Å²) in [5, 5.41) is 0. The van der Waals surface area contributed by atoms with Crippen LogP contribution in [0.15, 0.2) is 78.9 Å². The van der Waals surface area contributed by atoms with Crippen molar-refractivity contribution in [2.45, 2.75) is 52.4 Å². The molecule has 0 N–H and O–H groups in total. The summed E-state index contributed by atoms with van der Waals surface area (Å²) in [4.78, 5) is 14.5. The lowest BCUT2D eigenvalue weighted by Crippen LogP contribution is -2.10. The average Bonchev–Trinajstić information content (AvgIpc) is 2.78. The van der Waals surface area contributed by atoms with Gasteiger partial charge in [0.1, 0.15) is 0 Å². The van der Waals surface area contributed by atoms with Gasteiger partial charge in [-0.25, -0.2) is 15.0 Å². The molecule has 32 heavy (non-hydrogen) atoms. The van der Waals surface area contributed by atoms with Crippen LogP contribution in [0.25, 0.3) is 34.2 Å². The molecule has 3 heteroatoms. The van der Waals surface area contributed by atoms with Gasteiger partial charge in [0, 0.05) is 16.7 Å². The standard InChI is InChI=1S/C29H31N3/c1-28(2,3)23-16-12-21(13-17-23)26-30-25(20-10-8-7-9-11-20)31-27(32-26)22-14-18-24(19-15-22)29(4,5)6/h7-19H,1-6H3. The maximum Gasteiger partial charge on any atom is 0.164 e. The Morgan fingerprint density at radius 1 is 0.406 bits per heavy atom. The lowest BCUT2D eigenvalue weighted by atomic mass is 9.86. The zero-order valence-corrected chi connectivity index (χ0v) is 19.8. The van der Waals surface area contributed by atoms with Gasteiger partial charge in [0.25, 0.3) is 0 Å². The van der Waals surface area contributed by atoms with Crippen molar-refractivity contribution in [3.05, 3.63) is 90.0 Å². The zero-order chi connectivity index (χ0) is 22.9. The van der Waals surface area contributed by atoms with Crippen LogP contribution in [0, 0.1) is 0 Å². The lowest BCUT2D eigenvalue weighted by molar-refractivity contribution is 0.590. The van der Waals surface area contributed by atoms with Gasteiger partial charge in [-0.3, -0.25) is 0 Å². The highest BCUT2D eigenvalue weighted by Gasteiger charge is 2.17. The van der Waals surface area contributed by atoms with E-state index in [2.05, 4.69) is 90.1 Å². The maximum absolute atomic E-state index is 4.86. The Bertz CT molecular complexity index is 1120. The van der Waals surface area contributed by atoms with E-state index in [1.165, 1.54) is 11.1 Å². The molecule has 3 aromatic carbocycles. The third-order valence-corrected chi connectivity index (χ3v) is 5.69. The minimum absolute atomic E-state index is 0.104. The zero-order valence-electron chi connectivity index (χ0n) is 19.8. The normalized spacial score (nSPS) is 12.1. The number of nitrogens with zero attached hydrogens (tertiary/aromatic N) is 3. The van der Waals surface area contributed by atoms with Gasteiger partial charge in [-0.15, -0.1) is 0 Å². The number of benzene rings is 3. The van der Waals surface area contributed by atoms with Gasteiger partial charge in [0.05, 0.1) is 0 Å². The third-order valence-electron chi connectivity index (χ3n) is 5.69. The topological polar surface area (TPSA) is 38.7 Å². The van der Waals surface area contributed by atoms with Crippen molar-refractivity contribution in [2.24, 2.45) is 0 Å². The quantitative estimate of drug-likeness (QED) is 0.344. The second kappa shape index (κ2) is 8.31. The molecule has 0 aliphatic heterocycles. The van der Waals surface area contributed by atoms with E-state index in [1.54, 1.807) is 0 Å². The Kier molecular flexibility index (Phi) is 5.68. The molecule has 0 bridgehead atoms. The van der Waals surface area contributed by atoms with Gasteiger partial charge in [-0.2, -0.15) is 0 Å². The molecule has 3 nitrogen and oxygen atoms in total. The van der Waals surface area contributed by atoms with Crippen LogP contribution in [0.5, 0.6) is 0 Å². The fourth-order valence-electron chi connectivity index (χ4n) is 3.59. The largest absolute Gasteiger partial charge is 0.208 e. The van der Waals surface area contributed by atoms with Crippen LogP contribution in [-0.4, -0.2) is 15.0 Å². The molecule has 0 radical (unpaired) electrons. The van der Waals surface area contributed by atoms with Crippen molar-refractivity contribution in [2.75, 3.05) is 0 Å². The first kappa shape index (κ1) is 21.9. The fourth-order valence-corrected chi connectivity index (χ4v) is 3.59. The van der Waals surface area contributed by atoms with E-state index >= 15 is 0 Å². The first-order valence-corrected chi connectivity index (χ1v) is 11.1. The molecule has 0 saturated carbocycles. The van der Waals surface area contributed by atoms with E-state index < -0.39 is 0 Å². The van der Waals surface area contributed by atoms with Crippen molar-refractivity contribution in [1.29, 1.82) is 0 Å². The van der Waals surface area contributed by atoms with E-state index in [0.717, 1.165) is 16.7 Å². The Morgan fingerprint density at radius 2 is 0.719 bits per heavy atom. The highest BCUT2D eigenvalue weighted by Crippen LogP contribution is 2.29. The molecule has 1 aromatic heterocycles. The molecule has 0 saturated heterocycles. The predicted octanol–water partition coefficient (Wildman–Crippen LogP) is 7.47. The Morgan fingerprint density at radius 3 is 1.03 bits per heavy atom. The molecule has 0 unspecified atom stereocenters. The summed E-state index contributed by atoms with van der Waals surface area (Å²) >= 11 is 0. The van der Waals surface area contributed by atoms with Gasteiger partial charge in [-0.1, -0.05) is 120 Å².